The largest absolute Gasteiger partial charge is 0.369 e. The van der Waals surface area contributed by atoms with Crippen LogP contribution in [0.5, 0.6) is 0 Å². The zero-order valence-corrected chi connectivity index (χ0v) is 19.7. The number of fused-ring (bicyclic) bond motifs is 1. The number of carbonyl (C=O) groups excluding carboxylic acids is 2. The van der Waals surface area contributed by atoms with Gasteiger partial charge in [-0.05, 0) is 43.7 Å². The van der Waals surface area contributed by atoms with Gasteiger partial charge in [-0.2, -0.15) is 0 Å². The average Bonchev–Trinajstić information content (AvgIpc) is 2.97. The van der Waals surface area contributed by atoms with E-state index in [1.54, 1.807) is 29.4 Å². The number of nitrogens with zero attached hydrogens (tertiary/aromatic N) is 6. The lowest BCUT2D eigenvalue weighted by molar-refractivity contribution is -0.0109. The first-order valence-electron chi connectivity index (χ1n) is 11.2. The smallest absolute Gasteiger partial charge is 0.274 e. The summed E-state index contributed by atoms with van der Waals surface area (Å²) in [6, 6.07) is 7.44. The molecule has 8 nitrogen and oxygen atoms in total. The van der Waals surface area contributed by atoms with Gasteiger partial charge >= 0.3 is 0 Å². The Morgan fingerprint density at radius 1 is 0.971 bits per heavy atom. The summed E-state index contributed by atoms with van der Waals surface area (Å²) in [6.45, 7) is 7.15. The van der Waals surface area contributed by atoms with Crippen molar-refractivity contribution < 1.29 is 9.59 Å². The first kappa shape index (κ1) is 21.0. The van der Waals surface area contributed by atoms with Crippen molar-refractivity contribution >= 4 is 34.8 Å². The van der Waals surface area contributed by atoms with E-state index in [9.17, 15) is 9.59 Å². The summed E-state index contributed by atoms with van der Waals surface area (Å²) in [5, 5.41) is 0.617. The molecule has 0 aliphatic carbocycles. The molecule has 0 radical (unpaired) electrons. The van der Waals surface area contributed by atoms with Crippen LogP contribution in [0.1, 0.15) is 40.3 Å². The van der Waals surface area contributed by atoms with Crippen LogP contribution in [0.25, 0.3) is 0 Å². The molecule has 172 valence electrons. The predicted octanol–water partition coefficient (Wildman–Crippen LogP) is 3.38. The molecule has 0 saturated carbocycles. The number of benzene rings is 1. The summed E-state index contributed by atoms with van der Waals surface area (Å²) in [5.74, 6) is -0.122. The van der Waals surface area contributed by atoms with Crippen molar-refractivity contribution in [3.05, 3.63) is 77.1 Å². The standard InChI is InChI=1S/C25H23ClN6O2/c1-24(2)20-7-16(26)3-4-19(20)22(33)32(24)18-8-17(9-28-10-18)30-12-25(13-30)14-31(15-25)23(34)21-11-27-5-6-29-21/h3-11H,12-15H2,1-2H3. The van der Waals surface area contributed by atoms with E-state index < -0.39 is 5.54 Å². The van der Waals surface area contributed by atoms with E-state index >= 15 is 0 Å². The van der Waals surface area contributed by atoms with Gasteiger partial charge in [0.2, 0.25) is 0 Å². The van der Waals surface area contributed by atoms with Gasteiger partial charge in [0, 0.05) is 54.6 Å². The Balaban J connectivity index is 1.16. The maximum Gasteiger partial charge on any atom is 0.274 e. The fourth-order valence-corrected chi connectivity index (χ4v) is 5.65. The van der Waals surface area contributed by atoms with Crippen LogP contribution < -0.4 is 9.80 Å². The number of hydrogen-bond acceptors (Lipinski definition) is 6. The highest BCUT2D eigenvalue weighted by Crippen LogP contribution is 2.45. The Labute approximate surface area is 202 Å². The van der Waals surface area contributed by atoms with Gasteiger partial charge in [-0.15, -0.1) is 0 Å². The van der Waals surface area contributed by atoms with E-state index in [-0.39, 0.29) is 17.2 Å². The van der Waals surface area contributed by atoms with Crippen LogP contribution in [-0.2, 0) is 5.54 Å². The van der Waals surface area contributed by atoms with Crippen molar-refractivity contribution in [3.8, 4) is 0 Å². The number of aromatic nitrogens is 3. The molecule has 3 aliphatic heterocycles. The van der Waals surface area contributed by atoms with Crippen LogP contribution in [0.15, 0.2) is 55.2 Å². The normalized spacial score (nSPS) is 19.6. The van der Waals surface area contributed by atoms with E-state index in [2.05, 4.69) is 19.9 Å². The number of amides is 2. The molecule has 2 aromatic heterocycles. The highest BCUT2D eigenvalue weighted by molar-refractivity contribution is 6.31. The van der Waals surface area contributed by atoms with Gasteiger partial charge in [0.25, 0.3) is 11.8 Å². The molecule has 34 heavy (non-hydrogen) atoms. The highest BCUT2D eigenvalue weighted by atomic mass is 35.5. The van der Waals surface area contributed by atoms with Gasteiger partial charge in [-0.3, -0.25) is 24.5 Å². The minimum atomic E-state index is -0.539. The van der Waals surface area contributed by atoms with Crippen molar-refractivity contribution in [1.29, 1.82) is 0 Å². The van der Waals surface area contributed by atoms with Crippen molar-refractivity contribution in [3.63, 3.8) is 0 Å². The molecule has 1 spiro atoms. The van der Waals surface area contributed by atoms with Crippen LogP contribution in [0.2, 0.25) is 5.02 Å². The number of likely N-dealkylation sites (tertiary alicyclic amines) is 1. The molecule has 6 rings (SSSR count). The van der Waals surface area contributed by atoms with Crippen molar-refractivity contribution in [2.24, 2.45) is 5.41 Å². The summed E-state index contributed by atoms with van der Waals surface area (Å²) in [6.07, 6.45) is 8.16. The zero-order chi connectivity index (χ0) is 23.7. The number of halogens is 1. The number of carbonyl (C=O) groups is 2. The van der Waals surface area contributed by atoms with Crippen molar-refractivity contribution in [2.75, 3.05) is 36.0 Å². The lowest BCUT2D eigenvalue weighted by Gasteiger charge is -2.60. The van der Waals surface area contributed by atoms with Crippen LogP contribution in [-0.4, -0.2) is 57.8 Å². The minimum Gasteiger partial charge on any atom is -0.369 e. The summed E-state index contributed by atoms with van der Waals surface area (Å²) in [7, 11) is 0. The summed E-state index contributed by atoms with van der Waals surface area (Å²) < 4.78 is 0. The van der Waals surface area contributed by atoms with Crippen LogP contribution in [0.4, 0.5) is 11.4 Å². The van der Waals surface area contributed by atoms with Gasteiger partial charge in [-0.1, -0.05) is 11.6 Å². The third-order valence-electron chi connectivity index (χ3n) is 7.14. The molecule has 0 N–H and O–H groups in total. The molecule has 2 fully saturated rings. The van der Waals surface area contributed by atoms with Crippen LogP contribution in [0, 0.1) is 5.41 Å². The molecule has 2 saturated heterocycles. The molecule has 1 aromatic carbocycles. The fraction of sp³-hybridized carbons (Fsp3) is 0.320. The topological polar surface area (TPSA) is 82.5 Å². The molecule has 0 atom stereocenters. The van der Waals surface area contributed by atoms with Crippen molar-refractivity contribution in [1.82, 2.24) is 19.9 Å². The van der Waals surface area contributed by atoms with E-state index in [0.717, 1.165) is 30.0 Å². The fourth-order valence-electron chi connectivity index (χ4n) is 5.48. The van der Waals surface area contributed by atoms with Gasteiger partial charge in [-0.25, -0.2) is 4.98 Å². The first-order chi connectivity index (χ1) is 16.3. The molecule has 9 heteroatoms. The SMILES string of the molecule is CC1(C)c2cc(Cl)ccc2C(=O)N1c1cncc(N2CC3(CN(C(=O)c4cnccn4)C3)C2)c1. The molecule has 0 bridgehead atoms. The van der Waals surface area contributed by atoms with Crippen LogP contribution in [0.3, 0.4) is 0 Å². The van der Waals surface area contributed by atoms with Crippen molar-refractivity contribution in [2.45, 2.75) is 19.4 Å². The lowest BCUT2D eigenvalue weighted by Crippen LogP contribution is -2.73. The Hall–Kier alpha value is -3.52. The van der Waals surface area contributed by atoms with Gasteiger partial charge in [0.1, 0.15) is 5.69 Å². The molecule has 3 aliphatic rings. The number of rotatable bonds is 3. The van der Waals surface area contributed by atoms with E-state index in [1.807, 2.05) is 37.1 Å². The van der Waals surface area contributed by atoms with Gasteiger partial charge in [0.05, 0.1) is 35.5 Å². The number of pyridine rings is 1. The molecular weight excluding hydrogens is 452 g/mol. The maximum atomic E-state index is 13.3. The first-order valence-corrected chi connectivity index (χ1v) is 11.6. The molecule has 3 aromatic rings. The summed E-state index contributed by atoms with van der Waals surface area (Å²) >= 11 is 6.22. The quantitative estimate of drug-likeness (QED) is 0.578. The van der Waals surface area contributed by atoms with Gasteiger partial charge < -0.3 is 9.80 Å². The van der Waals surface area contributed by atoms with E-state index in [0.29, 0.717) is 29.4 Å². The lowest BCUT2D eigenvalue weighted by atomic mass is 9.72. The van der Waals surface area contributed by atoms with E-state index in [1.165, 1.54) is 12.4 Å². The second-order valence-corrected chi connectivity index (χ2v) is 10.3. The Bertz CT molecular complexity index is 1310. The number of anilines is 2. The predicted molar refractivity (Wildman–Crippen MR) is 128 cm³/mol. The summed E-state index contributed by atoms with van der Waals surface area (Å²) in [5.41, 5.74) is 3.26. The second-order valence-electron chi connectivity index (χ2n) is 9.90. The minimum absolute atomic E-state index is 0.0483. The maximum absolute atomic E-state index is 13.3. The average molecular weight is 475 g/mol. The Morgan fingerprint density at radius 2 is 1.74 bits per heavy atom. The van der Waals surface area contributed by atoms with Gasteiger partial charge in [0.15, 0.2) is 0 Å². The van der Waals surface area contributed by atoms with Crippen LogP contribution >= 0.6 is 11.6 Å². The Kier molecular flexibility index (Phi) is 4.48. The molecule has 2 amide bonds. The van der Waals surface area contributed by atoms with E-state index in [4.69, 9.17) is 11.6 Å². The Morgan fingerprint density at radius 3 is 2.47 bits per heavy atom. The monoisotopic (exact) mass is 474 g/mol. The third-order valence-corrected chi connectivity index (χ3v) is 7.38. The zero-order valence-electron chi connectivity index (χ0n) is 18.9. The third kappa shape index (κ3) is 3.09. The molecule has 0 unspecified atom stereocenters. The summed E-state index contributed by atoms with van der Waals surface area (Å²) in [4.78, 5) is 44.2. The molecular formula is C25H23ClN6O2. The molecule has 5 heterocycles. The second kappa shape index (κ2) is 7.24. The number of hydrogen-bond donors (Lipinski definition) is 0. The highest BCUT2D eigenvalue weighted by Gasteiger charge is 2.53.